The van der Waals surface area contributed by atoms with Crippen molar-refractivity contribution < 1.29 is 10.2 Å². The molecule has 4 rings (SSSR count). The average Bonchev–Trinajstić information content (AvgIpc) is 3.04. The van der Waals surface area contributed by atoms with E-state index in [9.17, 15) is 10.2 Å². The lowest BCUT2D eigenvalue weighted by atomic mass is 9.75. The summed E-state index contributed by atoms with van der Waals surface area (Å²) in [6.07, 6.45) is 8.30. The van der Waals surface area contributed by atoms with Crippen LogP contribution in [0.15, 0.2) is 24.7 Å². The van der Waals surface area contributed by atoms with Crippen LogP contribution in [-0.2, 0) is 7.05 Å². The zero-order valence-corrected chi connectivity index (χ0v) is 15.0. The topological polar surface area (TPSA) is 99.3 Å². The van der Waals surface area contributed by atoms with Gasteiger partial charge >= 0.3 is 0 Å². The molecular weight excluding hydrogens is 332 g/mol. The predicted molar refractivity (Wildman–Crippen MR) is 97.8 cm³/mol. The van der Waals surface area contributed by atoms with Crippen molar-refractivity contribution in [1.82, 2.24) is 19.7 Å². The van der Waals surface area contributed by atoms with Crippen molar-refractivity contribution in [2.75, 3.05) is 23.3 Å². The third-order valence-corrected chi connectivity index (χ3v) is 5.42. The van der Waals surface area contributed by atoms with Gasteiger partial charge < -0.3 is 20.4 Å². The van der Waals surface area contributed by atoms with Gasteiger partial charge in [0.2, 0.25) is 5.95 Å². The molecule has 0 bridgehead atoms. The Bertz CT molecular complexity index is 737. The molecule has 2 aromatic heterocycles. The Hall–Kier alpha value is -2.19. The smallest absolute Gasteiger partial charge is 0.225 e. The monoisotopic (exact) mass is 358 g/mol. The number of rotatable bonds is 5. The summed E-state index contributed by atoms with van der Waals surface area (Å²) < 4.78 is 1.79. The molecule has 26 heavy (non-hydrogen) atoms. The van der Waals surface area contributed by atoms with Crippen molar-refractivity contribution in [1.29, 1.82) is 0 Å². The second-order valence-electron chi connectivity index (χ2n) is 7.41. The van der Waals surface area contributed by atoms with Gasteiger partial charge in [-0.2, -0.15) is 10.1 Å². The SMILES string of the molecule is Cn1cc(C(Nc2nccc(N3CCC(O)CC3)n2)C2CC(O)C2)cn1. The molecule has 2 fully saturated rings. The van der Waals surface area contributed by atoms with Crippen LogP contribution in [-0.4, -0.2) is 55.3 Å². The van der Waals surface area contributed by atoms with Crippen LogP contribution in [0.5, 0.6) is 0 Å². The van der Waals surface area contributed by atoms with Crippen molar-refractivity contribution >= 4 is 11.8 Å². The highest BCUT2D eigenvalue weighted by Gasteiger charge is 2.36. The van der Waals surface area contributed by atoms with Gasteiger partial charge in [0.05, 0.1) is 24.4 Å². The maximum Gasteiger partial charge on any atom is 0.225 e. The number of piperidine rings is 1. The summed E-state index contributed by atoms with van der Waals surface area (Å²) in [5.41, 5.74) is 1.08. The van der Waals surface area contributed by atoms with E-state index in [-0.39, 0.29) is 18.2 Å². The van der Waals surface area contributed by atoms with Gasteiger partial charge in [0.15, 0.2) is 0 Å². The molecule has 0 radical (unpaired) electrons. The molecule has 8 heteroatoms. The summed E-state index contributed by atoms with van der Waals surface area (Å²) in [7, 11) is 1.90. The molecule has 2 aliphatic rings. The van der Waals surface area contributed by atoms with Crippen LogP contribution in [0.25, 0.3) is 0 Å². The Morgan fingerprint density at radius 3 is 2.62 bits per heavy atom. The Labute approximate surface area is 152 Å². The second-order valence-corrected chi connectivity index (χ2v) is 7.41. The summed E-state index contributed by atoms with van der Waals surface area (Å²) in [6.45, 7) is 1.61. The minimum Gasteiger partial charge on any atom is -0.393 e. The van der Waals surface area contributed by atoms with Gasteiger partial charge in [0, 0.05) is 38.1 Å². The van der Waals surface area contributed by atoms with E-state index in [1.807, 2.05) is 25.5 Å². The summed E-state index contributed by atoms with van der Waals surface area (Å²) in [5, 5.41) is 27.1. The van der Waals surface area contributed by atoms with Crippen molar-refractivity contribution in [3.63, 3.8) is 0 Å². The number of aliphatic hydroxyl groups is 2. The second kappa shape index (κ2) is 7.20. The van der Waals surface area contributed by atoms with Gasteiger partial charge in [-0.05, 0) is 37.7 Å². The molecule has 140 valence electrons. The first kappa shape index (κ1) is 17.2. The zero-order valence-electron chi connectivity index (χ0n) is 15.0. The highest BCUT2D eigenvalue weighted by molar-refractivity contribution is 5.44. The van der Waals surface area contributed by atoms with Crippen LogP contribution < -0.4 is 10.2 Å². The van der Waals surface area contributed by atoms with E-state index in [0.29, 0.717) is 11.9 Å². The van der Waals surface area contributed by atoms with Gasteiger partial charge in [0.25, 0.3) is 0 Å². The lowest BCUT2D eigenvalue weighted by Gasteiger charge is -2.37. The number of hydrogen-bond acceptors (Lipinski definition) is 7. The fourth-order valence-corrected chi connectivity index (χ4v) is 3.81. The zero-order chi connectivity index (χ0) is 18.1. The van der Waals surface area contributed by atoms with Crippen molar-refractivity contribution in [2.24, 2.45) is 13.0 Å². The molecule has 1 unspecified atom stereocenters. The Morgan fingerprint density at radius 1 is 1.19 bits per heavy atom. The molecule has 3 heterocycles. The largest absolute Gasteiger partial charge is 0.393 e. The number of aliphatic hydroxyl groups excluding tert-OH is 2. The van der Waals surface area contributed by atoms with Gasteiger partial charge in [-0.3, -0.25) is 4.68 Å². The molecule has 8 nitrogen and oxygen atoms in total. The van der Waals surface area contributed by atoms with Crippen LogP contribution in [0.2, 0.25) is 0 Å². The predicted octanol–water partition coefficient (Wildman–Crippen LogP) is 1.10. The minimum atomic E-state index is -0.215. The average molecular weight is 358 g/mol. The van der Waals surface area contributed by atoms with E-state index in [0.717, 1.165) is 50.2 Å². The quantitative estimate of drug-likeness (QED) is 0.736. The molecule has 3 N–H and O–H groups in total. The molecule has 0 spiro atoms. The third kappa shape index (κ3) is 3.66. The van der Waals surface area contributed by atoms with E-state index < -0.39 is 0 Å². The lowest BCUT2D eigenvalue weighted by molar-refractivity contribution is 0.0338. The van der Waals surface area contributed by atoms with Crippen molar-refractivity contribution in [3.05, 3.63) is 30.2 Å². The summed E-state index contributed by atoms with van der Waals surface area (Å²) in [4.78, 5) is 11.3. The van der Waals surface area contributed by atoms with Gasteiger partial charge in [-0.1, -0.05) is 0 Å². The first-order valence-electron chi connectivity index (χ1n) is 9.27. The maximum atomic E-state index is 9.71. The molecular formula is C18H26N6O2. The van der Waals surface area contributed by atoms with Gasteiger partial charge in [-0.25, -0.2) is 4.98 Å². The molecule has 1 atom stereocenters. The van der Waals surface area contributed by atoms with Gasteiger partial charge in [-0.15, -0.1) is 0 Å². The van der Waals surface area contributed by atoms with Crippen LogP contribution in [0, 0.1) is 5.92 Å². The number of aromatic nitrogens is 4. The Balaban J connectivity index is 1.51. The molecule has 1 saturated carbocycles. The van der Waals surface area contributed by atoms with Crippen LogP contribution in [0.1, 0.15) is 37.3 Å². The molecule has 1 saturated heterocycles. The number of anilines is 2. The third-order valence-electron chi connectivity index (χ3n) is 5.42. The number of nitrogens with zero attached hydrogens (tertiary/aromatic N) is 5. The molecule has 1 aliphatic heterocycles. The van der Waals surface area contributed by atoms with Crippen molar-refractivity contribution in [3.8, 4) is 0 Å². The minimum absolute atomic E-state index is 0.0329. The number of hydrogen-bond donors (Lipinski definition) is 3. The lowest BCUT2D eigenvalue weighted by Crippen LogP contribution is -2.37. The molecule has 0 amide bonds. The van der Waals surface area contributed by atoms with Gasteiger partial charge in [0.1, 0.15) is 5.82 Å². The van der Waals surface area contributed by atoms with Crippen LogP contribution in [0.4, 0.5) is 11.8 Å². The molecule has 1 aliphatic carbocycles. The number of nitrogens with one attached hydrogen (secondary N) is 1. The maximum absolute atomic E-state index is 9.71. The van der Waals surface area contributed by atoms with E-state index >= 15 is 0 Å². The number of aryl methyl sites for hydroxylation is 1. The van der Waals surface area contributed by atoms with E-state index in [1.54, 1.807) is 10.9 Å². The Kier molecular flexibility index (Phi) is 4.78. The fourth-order valence-electron chi connectivity index (χ4n) is 3.81. The van der Waals surface area contributed by atoms with Crippen LogP contribution >= 0.6 is 0 Å². The van der Waals surface area contributed by atoms with Crippen LogP contribution in [0.3, 0.4) is 0 Å². The highest BCUT2D eigenvalue weighted by atomic mass is 16.3. The summed E-state index contributed by atoms with van der Waals surface area (Å²) in [5.74, 6) is 1.81. The van der Waals surface area contributed by atoms with E-state index in [1.165, 1.54) is 0 Å². The standard InChI is InChI=1S/C18H26N6O2/c1-23-11-13(10-20-23)17(12-8-15(26)9-12)22-18-19-5-2-16(21-18)24-6-3-14(25)4-7-24/h2,5,10-12,14-15,17,25-26H,3-4,6-9H2,1H3,(H,19,21,22). The summed E-state index contributed by atoms with van der Waals surface area (Å²) in [6, 6.07) is 1.94. The fraction of sp³-hybridized carbons (Fsp3) is 0.611. The summed E-state index contributed by atoms with van der Waals surface area (Å²) >= 11 is 0. The van der Waals surface area contributed by atoms with E-state index in [4.69, 9.17) is 0 Å². The first-order chi connectivity index (χ1) is 12.6. The molecule has 0 aromatic carbocycles. The van der Waals surface area contributed by atoms with E-state index in [2.05, 4.69) is 25.3 Å². The molecule has 2 aromatic rings. The highest BCUT2D eigenvalue weighted by Crippen LogP contribution is 2.39. The Morgan fingerprint density at radius 2 is 1.96 bits per heavy atom. The first-order valence-corrected chi connectivity index (χ1v) is 9.27. The van der Waals surface area contributed by atoms with Crippen molar-refractivity contribution in [2.45, 2.75) is 43.9 Å². The normalized spacial score (nSPS) is 25.0.